The van der Waals surface area contributed by atoms with E-state index in [9.17, 15) is 9.90 Å². The zero-order valence-electron chi connectivity index (χ0n) is 10.4. The number of aliphatic hydroxyl groups excluding tert-OH is 1. The van der Waals surface area contributed by atoms with E-state index in [4.69, 9.17) is 0 Å². The van der Waals surface area contributed by atoms with Crippen LogP contribution in [0.1, 0.15) is 25.7 Å². The standard InChI is InChI=1S/C12H18BrN3O2/c1-16-11(18)10(13)9(6-15-16)14-7-12(8-17)4-2-3-5-12/h6,14,17H,2-5,7-8H2,1H3. The van der Waals surface area contributed by atoms with Gasteiger partial charge in [-0.15, -0.1) is 0 Å². The molecule has 2 rings (SSSR count). The zero-order chi connectivity index (χ0) is 13.2. The Morgan fingerprint density at radius 2 is 2.22 bits per heavy atom. The normalized spacial score (nSPS) is 17.9. The fourth-order valence-electron chi connectivity index (χ4n) is 2.43. The molecule has 0 amide bonds. The lowest BCUT2D eigenvalue weighted by molar-refractivity contribution is 0.142. The van der Waals surface area contributed by atoms with Gasteiger partial charge in [-0.05, 0) is 28.8 Å². The summed E-state index contributed by atoms with van der Waals surface area (Å²) in [6, 6.07) is 0. The lowest BCUT2D eigenvalue weighted by Crippen LogP contribution is -2.31. The molecule has 1 saturated carbocycles. The number of hydrogen-bond acceptors (Lipinski definition) is 4. The van der Waals surface area contributed by atoms with Gasteiger partial charge >= 0.3 is 0 Å². The van der Waals surface area contributed by atoms with E-state index in [2.05, 4.69) is 26.3 Å². The van der Waals surface area contributed by atoms with Gasteiger partial charge in [-0.25, -0.2) is 4.68 Å². The maximum atomic E-state index is 11.7. The number of aryl methyl sites for hydroxylation is 1. The van der Waals surface area contributed by atoms with E-state index in [-0.39, 0.29) is 17.6 Å². The minimum absolute atomic E-state index is 0.0412. The molecule has 0 bridgehead atoms. The lowest BCUT2D eigenvalue weighted by Gasteiger charge is -2.27. The Balaban J connectivity index is 2.11. The topological polar surface area (TPSA) is 67.2 Å². The second-order valence-corrected chi connectivity index (χ2v) is 5.81. The van der Waals surface area contributed by atoms with Crippen LogP contribution in [0.2, 0.25) is 0 Å². The largest absolute Gasteiger partial charge is 0.396 e. The second kappa shape index (κ2) is 5.40. The van der Waals surface area contributed by atoms with E-state index in [0.29, 0.717) is 16.7 Å². The molecule has 5 nitrogen and oxygen atoms in total. The van der Waals surface area contributed by atoms with E-state index in [1.165, 1.54) is 4.68 Å². The van der Waals surface area contributed by atoms with Gasteiger partial charge in [0.15, 0.2) is 0 Å². The summed E-state index contributed by atoms with van der Waals surface area (Å²) in [7, 11) is 1.61. The quantitative estimate of drug-likeness (QED) is 0.883. The molecule has 0 atom stereocenters. The van der Waals surface area contributed by atoms with Gasteiger partial charge in [0.25, 0.3) is 5.56 Å². The predicted molar refractivity (Wildman–Crippen MR) is 73.7 cm³/mol. The molecule has 1 aromatic rings. The van der Waals surface area contributed by atoms with Crippen LogP contribution in [0.3, 0.4) is 0 Å². The molecule has 6 heteroatoms. The molecule has 1 aliphatic carbocycles. The predicted octanol–water partition coefficient (Wildman–Crippen LogP) is 1.51. The Labute approximate surface area is 114 Å². The number of aromatic nitrogens is 2. The Hall–Kier alpha value is -0.880. The molecule has 1 heterocycles. The highest BCUT2D eigenvalue weighted by Gasteiger charge is 2.33. The molecule has 18 heavy (non-hydrogen) atoms. The summed E-state index contributed by atoms with van der Waals surface area (Å²) in [6.07, 6.45) is 6.03. The van der Waals surface area contributed by atoms with Crippen molar-refractivity contribution in [3.8, 4) is 0 Å². The highest BCUT2D eigenvalue weighted by molar-refractivity contribution is 9.10. The zero-order valence-corrected chi connectivity index (χ0v) is 12.0. The maximum absolute atomic E-state index is 11.7. The van der Waals surface area contributed by atoms with Crippen molar-refractivity contribution >= 4 is 21.6 Å². The summed E-state index contributed by atoms with van der Waals surface area (Å²) in [5, 5.41) is 16.7. The average Bonchev–Trinajstić information content (AvgIpc) is 2.85. The third-order valence-corrected chi connectivity index (χ3v) is 4.50. The SMILES string of the molecule is Cn1ncc(NCC2(CO)CCCC2)c(Br)c1=O. The first kappa shape index (κ1) is 13.5. The number of nitrogens with zero attached hydrogens (tertiary/aromatic N) is 2. The molecule has 1 aliphatic rings. The van der Waals surface area contributed by atoms with E-state index < -0.39 is 0 Å². The Kier molecular flexibility index (Phi) is 4.07. The molecule has 0 saturated heterocycles. The molecule has 1 fully saturated rings. The van der Waals surface area contributed by atoms with Gasteiger partial charge in [0.1, 0.15) is 4.47 Å². The third-order valence-electron chi connectivity index (χ3n) is 3.73. The van der Waals surface area contributed by atoms with Gasteiger partial charge in [-0.1, -0.05) is 12.8 Å². The summed E-state index contributed by atoms with van der Waals surface area (Å²) in [6.45, 7) is 0.868. The number of hydrogen-bond donors (Lipinski definition) is 2. The van der Waals surface area contributed by atoms with Gasteiger partial charge in [-0.3, -0.25) is 4.79 Å². The lowest BCUT2D eigenvalue weighted by atomic mass is 9.87. The van der Waals surface area contributed by atoms with Crippen LogP contribution in [-0.4, -0.2) is 28.0 Å². The van der Waals surface area contributed by atoms with Crippen LogP contribution >= 0.6 is 15.9 Å². The van der Waals surface area contributed by atoms with Gasteiger partial charge in [0.2, 0.25) is 0 Å². The molecule has 0 unspecified atom stereocenters. The summed E-state index contributed by atoms with van der Waals surface area (Å²) in [5.74, 6) is 0. The van der Waals surface area contributed by atoms with Gasteiger partial charge in [0, 0.05) is 19.0 Å². The van der Waals surface area contributed by atoms with E-state index in [1.54, 1.807) is 13.2 Å². The fourth-order valence-corrected chi connectivity index (χ4v) is 2.93. The van der Waals surface area contributed by atoms with Crippen LogP contribution < -0.4 is 10.9 Å². The van der Waals surface area contributed by atoms with Crippen molar-refractivity contribution < 1.29 is 5.11 Å². The minimum Gasteiger partial charge on any atom is -0.396 e. The number of rotatable bonds is 4. The third kappa shape index (κ3) is 2.59. The Bertz CT molecular complexity index is 481. The smallest absolute Gasteiger partial charge is 0.282 e. The second-order valence-electron chi connectivity index (χ2n) is 5.02. The van der Waals surface area contributed by atoms with Crippen molar-refractivity contribution in [3.63, 3.8) is 0 Å². The number of nitrogens with one attached hydrogen (secondary N) is 1. The van der Waals surface area contributed by atoms with Gasteiger partial charge < -0.3 is 10.4 Å². The molecular formula is C12H18BrN3O2. The van der Waals surface area contributed by atoms with Crippen molar-refractivity contribution in [1.29, 1.82) is 0 Å². The average molecular weight is 316 g/mol. The van der Waals surface area contributed by atoms with Crippen LogP contribution in [0.5, 0.6) is 0 Å². The number of aliphatic hydroxyl groups is 1. The summed E-state index contributed by atoms with van der Waals surface area (Å²) in [5.41, 5.74) is 0.489. The molecular weight excluding hydrogens is 298 g/mol. The van der Waals surface area contributed by atoms with Crippen LogP contribution in [0.4, 0.5) is 5.69 Å². The number of halogens is 1. The highest BCUT2D eigenvalue weighted by Crippen LogP contribution is 2.37. The molecule has 2 N–H and O–H groups in total. The molecule has 0 aromatic carbocycles. The molecule has 1 aromatic heterocycles. The maximum Gasteiger partial charge on any atom is 0.282 e. The molecule has 100 valence electrons. The van der Waals surface area contributed by atoms with Gasteiger partial charge in [0.05, 0.1) is 18.5 Å². The number of anilines is 1. The van der Waals surface area contributed by atoms with Crippen molar-refractivity contribution in [2.45, 2.75) is 25.7 Å². The highest BCUT2D eigenvalue weighted by atomic mass is 79.9. The molecule has 0 spiro atoms. The Morgan fingerprint density at radius 1 is 1.56 bits per heavy atom. The van der Waals surface area contributed by atoms with Crippen LogP contribution in [-0.2, 0) is 7.05 Å². The monoisotopic (exact) mass is 315 g/mol. The van der Waals surface area contributed by atoms with E-state index >= 15 is 0 Å². The van der Waals surface area contributed by atoms with Crippen molar-refractivity contribution in [2.24, 2.45) is 12.5 Å². The first-order chi connectivity index (χ1) is 8.58. The van der Waals surface area contributed by atoms with E-state index in [1.807, 2.05) is 0 Å². The fraction of sp³-hybridized carbons (Fsp3) is 0.667. The summed E-state index contributed by atoms with van der Waals surface area (Å²) >= 11 is 3.28. The Morgan fingerprint density at radius 3 is 2.83 bits per heavy atom. The first-order valence-electron chi connectivity index (χ1n) is 6.14. The van der Waals surface area contributed by atoms with Crippen molar-refractivity contribution in [1.82, 2.24) is 9.78 Å². The van der Waals surface area contributed by atoms with Crippen LogP contribution in [0.15, 0.2) is 15.5 Å². The first-order valence-corrected chi connectivity index (χ1v) is 6.94. The minimum atomic E-state index is -0.163. The molecule has 0 aliphatic heterocycles. The van der Waals surface area contributed by atoms with Crippen LogP contribution in [0.25, 0.3) is 0 Å². The summed E-state index contributed by atoms with van der Waals surface area (Å²) < 4.78 is 1.78. The van der Waals surface area contributed by atoms with Crippen LogP contribution in [0, 0.1) is 5.41 Å². The van der Waals surface area contributed by atoms with E-state index in [0.717, 1.165) is 25.7 Å². The van der Waals surface area contributed by atoms with Crippen molar-refractivity contribution in [2.75, 3.05) is 18.5 Å². The summed E-state index contributed by atoms with van der Waals surface area (Å²) in [4.78, 5) is 11.7. The molecule has 0 radical (unpaired) electrons. The van der Waals surface area contributed by atoms with Crippen molar-refractivity contribution in [3.05, 3.63) is 21.0 Å². The van der Waals surface area contributed by atoms with Gasteiger partial charge in [-0.2, -0.15) is 5.10 Å².